The molecule has 1 amide bonds. The van der Waals surface area contributed by atoms with Crippen molar-refractivity contribution in [1.29, 1.82) is 0 Å². The number of anilines is 1. The first-order valence-corrected chi connectivity index (χ1v) is 20.7. The second kappa shape index (κ2) is 18.3. The maximum Gasteiger partial charge on any atom is 0.471 e. The highest BCUT2D eigenvalue weighted by Crippen LogP contribution is 2.42. The third-order valence-electron chi connectivity index (χ3n) is 10.8. The van der Waals surface area contributed by atoms with Crippen LogP contribution in [0.2, 0.25) is 5.02 Å². The Kier molecular flexibility index (Phi) is 13.4. The van der Waals surface area contributed by atoms with Gasteiger partial charge in [-0.1, -0.05) is 48.0 Å². The largest absolute Gasteiger partial charge is 0.497 e. The molecule has 0 bridgehead atoms. The Labute approximate surface area is 337 Å². The van der Waals surface area contributed by atoms with Crippen LogP contribution in [0.25, 0.3) is 0 Å². The number of nitrogens with zero attached hydrogens (tertiary/aromatic N) is 2. The fraction of sp³-hybridized carbons (Fsp3) is 0.372. The van der Waals surface area contributed by atoms with Gasteiger partial charge in [0.25, 0.3) is 0 Å². The molecule has 1 N–H and O–H groups in total. The topological polar surface area (TPSA) is 97.4 Å². The molecule has 4 aromatic rings. The number of hydrogen-bond donors (Lipinski definition) is 1. The maximum atomic E-state index is 14.8. The second-order valence-corrected chi connectivity index (χ2v) is 16.8. The minimum atomic E-state index is -5.02. The third kappa shape index (κ3) is 10.2. The van der Waals surface area contributed by atoms with Crippen molar-refractivity contribution in [3.05, 3.63) is 125 Å². The number of hydrogen-bond acceptors (Lipinski definition) is 7. The van der Waals surface area contributed by atoms with Crippen molar-refractivity contribution in [3.8, 4) is 17.2 Å². The molecule has 0 unspecified atom stereocenters. The van der Waals surface area contributed by atoms with Crippen molar-refractivity contribution in [3.63, 3.8) is 0 Å². The number of fused-ring (bicyclic) bond motifs is 2. The van der Waals surface area contributed by atoms with E-state index < -0.39 is 28.1 Å². The van der Waals surface area contributed by atoms with Crippen LogP contribution in [0.1, 0.15) is 47.9 Å². The summed E-state index contributed by atoms with van der Waals surface area (Å²) in [5.74, 6) is -0.648. The van der Waals surface area contributed by atoms with Crippen LogP contribution in [0.5, 0.6) is 17.2 Å². The molecule has 0 saturated heterocycles. The van der Waals surface area contributed by atoms with Gasteiger partial charge in [-0.15, -0.1) is 6.58 Å². The fourth-order valence-corrected chi connectivity index (χ4v) is 9.11. The Bertz CT molecular complexity index is 2080. The van der Waals surface area contributed by atoms with Crippen LogP contribution in [0.3, 0.4) is 0 Å². The first-order valence-electron chi connectivity index (χ1n) is 18.8. The van der Waals surface area contributed by atoms with Crippen molar-refractivity contribution in [1.82, 2.24) is 9.62 Å². The van der Waals surface area contributed by atoms with E-state index in [9.17, 15) is 26.4 Å². The average molecular weight is 826 g/mol. The Morgan fingerprint density at radius 2 is 1.60 bits per heavy atom. The van der Waals surface area contributed by atoms with E-state index in [1.807, 2.05) is 42.5 Å². The number of aryl methyl sites for hydroxylation is 1. The molecule has 1 saturated carbocycles. The lowest BCUT2D eigenvalue weighted by atomic mass is 9.69. The molecule has 1 fully saturated rings. The van der Waals surface area contributed by atoms with Gasteiger partial charge in [0.1, 0.15) is 23.9 Å². The lowest BCUT2D eigenvalue weighted by Crippen LogP contribution is -2.52. The number of carbonyl (C=O) groups excluding carboxylic acids is 1. The molecule has 2 aliphatic rings. The average Bonchev–Trinajstić information content (AvgIpc) is 3.22. The molecule has 3 atom stereocenters. The number of carbonyl (C=O) groups is 1. The van der Waals surface area contributed by atoms with E-state index >= 15 is 0 Å². The van der Waals surface area contributed by atoms with Crippen LogP contribution >= 0.6 is 11.6 Å². The van der Waals surface area contributed by atoms with E-state index in [1.165, 1.54) is 10.4 Å². The Morgan fingerprint density at radius 3 is 2.16 bits per heavy atom. The summed E-state index contributed by atoms with van der Waals surface area (Å²) in [4.78, 5) is 14.1. The Morgan fingerprint density at radius 1 is 0.947 bits per heavy atom. The predicted octanol–water partition coefficient (Wildman–Crippen LogP) is 8.73. The van der Waals surface area contributed by atoms with Gasteiger partial charge in [-0.2, -0.15) is 17.5 Å². The van der Waals surface area contributed by atoms with Crippen molar-refractivity contribution in [2.45, 2.75) is 68.9 Å². The zero-order chi connectivity index (χ0) is 40.7. The van der Waals surface area contributed by atoms with Crippen LogP contribution < -0.4 is 24.4 Å². The standard InChI is InChI=1S/C43H47ClF3N3O6S/c1-4-39(48-42(51)43(45,46)47)38-20-13-32(38)27-49-22-6-5-7-31-23-34(44)14-12-33(31)28-56-41-21-19-37(24-40(41)49)57(52,53)50(25-29-8-15-35(54-2)16-9-29)26-30-10-17-36(55-3)18-11-30/h4,8-12,14-19,21,23-24,32,38-39H,1,5-7,13,20,22,25-28H2,2-3H3,(H,48,51)/t32-,38+,39-/m0/s1. The van der Waals surface area contributed by atoms with Crippen LogP contribution in [0.4, 0.5) is 18.9 Å². The van der Waals surface area contributed by atoms with E-state index in [0.717, 1.165) is 41.5 Å². The lowest BCUT2D eigenvalue weighted by molar-refractivity contribution is -0.174. The van der Waals surface area contributed by atoms with Gasteiger partial charge in [-0.3, -0.25) is 4.79 Å². The molecular weight excluding hydrogens is 779 g/mol. The summed E-state index contributed by atoms with van der Waals surface area (Å²) in [5.41, 5.74) is 4.11. The minimum absolute atomic E-state index is 0.0606. The first kappa shape index (κ1) is 41.9. The molecule has 9 nitrogen and oxygen atoms in total. The number of ether oxygens (including phenoxy) is 3. The van der Waals surface area contributed by atoms with Gasteiger partial charge in [0.15, 0.2) is 0 Å². The van der Waals surface area contributed by atoms with Gasteiger partial charge in [-0.25, -0.2) is 8.42 Å². The van der Waals surface area contributed by atoms with Crippen molar-refractivity contribution in [2.24, 2.45) is 11.8 Å². The van der Waals surface area contributed by atoms with Crippen molar-refractivity contribution < 1.29 is 40.6 Å². The van der Waals surface area contributed by atoms with E-state index in [0.29, 0.717) is 53.9 Å². The smallest absolute Gasteiger partial charge is 0.471 e. The number of rotatable bonds is 13. The molecule has 0 aromatic heterocycles. The molecule has 304 valence electrons. The van der Waals surface area contributed by atoms with E-state index in [4.69, 9.17) is 25.8 Å². The molecule has 1 aliphatic heterocycles. The number of halogens is 4. The third-order valence-corrected chi connectivity index (χ3v) is 12.8. The van der Waals surface area contributed by atoms with Crippen LogP contribution in [-0.4, -0.2) is 58.2 Å². The van der Waals surface area contributed by atoms with E-state index in [-0.39, 0.29) is 36.4 Å². The van der Waals surface area contributed by atoms with Gasteiger partial charge in [0, 0.05) is 31.2 Å². The molecule has 14 heteroatoms. The summed E-state index contributed by atoms with van der Waals surface area (Å²) in [5, 5.41) is 2.74. The van der Waals surface area contributed by atoms with E-state index in [1.54, 1.807) is 56.7 Å². The van der Waals surface area contributed by atoms with Gasteiger partial charge in [0.05, 0.1) is 30.8 Å². The number of sulfonamides is 1. The van der Waals surface area contributed by atoms with Gasteiger partial charge in [-0.05, 0) is 121 Å². The summed E-state index contributed by atoms with van der Waals surface area (Å²) in [6.45, 7) is 5.01. The number of amides is 1. The molecule has 6 rings (SSSR count). The van der Waals surface area contributed by atoms with Crippen molar-refractivity contribution in [2.75, 3.05) is 32.2 Å². The van der Waals surface area contributed by atoms with Crippen LogP contribution in [0, 0.1) is 11.8 Å². The maximum absolute atomic E-state index is 14.8. The zero-order valence-corrected chi connectivity index (χ0v) is 33.5. The quantitative estimate of drug-likeness (QED) is 0.135. The highest BCUT2D eigenvalue weighted by atomic mass is 35.5. The normalized spacial score (nSPS) is 17.8. The number of nitrogens with one attached hydrogen (secondary N) is 1. The molecule has 0 radical (unpaired) electrons. The minimum Gasteiger partial charge on any atom is -0.497 e. The van der Waals surface area contributed by atoms with Gasteiger partial charge in [0.2, 0.25) is 10.0 Å². The monoisotopic (exact) mass is 825 g/mol. The summed E-state index contributed by atoms with van der Waals surface area (Å²) in [6.07, 6.45) is -0.0556. The first-order chi connectivity index (χ1) is 27.3. The zero-order valence-electron chi connectivity index (χ0n) is 31.9. The molecular formula is C43H47ClF3N3O6S. The number of benzene rings is 4. The highest BCUT2D eigenvalue weighted by molar-refractivity contribution is 7.89. The van der Waals surface area contributed by atoms with Crippen LogP contribution in [-0.2, 0) is 40.9 Å². The Hall–Kier alpha value is -4.72. The summed E-state index contributed by atoms with van der Waals surface area (Å²) in [6, 6.07) is 24.1. The van der Waals surface area contributed by atoms with Crippen molar-refractivity contribution >= 4 is 33.2 Å². The molecule has 0 spiro atoms. The number of alkyl halides is 3. The number of methoxy groups -OCH3 is 2. The second-order valence-electron chi connectivity index (χ2n) is 14.4. The summed E-state index contributed by atoms with van der Waals surface area (Å²) >= 11 is 6.37. The van der Waals surface area contributed by atoms with E-state index in [2.05, 4.69) is 16.8 Å². The molecule has 1 heterocycles. The SMILES string of the molecule is C=C[C@H](NC(=O)C(F)(F)F)[C@@H]1CC[C@H]1CN1CCCCc2cc(Cl)ccc2COc2ccc(S(=O)(=O)N(Cc3ccc(OC)cc3)Cc3ccc(OC)cc3)cc21. The Balaban J connectivity index is 1.37. The molecule has 4 aromatic carbocycles. The summed E-state index contributed by atoms with van der Waals surface area (Å²) in [7, 11) is -1.02. The summed E-state index contributed by atoms with van der Waals surface area (Å²) < 4.78 is 87.9. The van der Waals surface area contributed by atoms with Gasteiger partial charge >= 0.3 is 12.1 Å². The highest BCUT2D eigenvalue weighted by Gasteiger charge is 2.43. The fourth-order valence-electron chi connectivity index (χ4n) is 7.47. The molecule has 57 heavy (non-hydrogen) atoms. The van der Waals surface area contributed by atoms with Gasteiger partial charge < -0.3 is 24.4 Å². The lowest BCUT2D eigenvalue weighted by Gasteiger charge is -2.44. The van der Waals surface area contributed by atoms with Crippen LogP contribution in [0.15, 0.2) is 102 Å². The predicted molar refractivity (Wildman–Crippen MR) is 214 cm³/mol. The molecule has 1 aliphatic carbocycles.